The van der Waals surface area contributed by atoms with Crippen LogP contribution in [0, 0.1) is 19.3 Å². The van der Waals surface area contributed by atoms with E-state index in [0.717, 1.165) is 0 Å². The topological polar surface area (TPSA) is 0 Å². The van der Waals surface area contributed by atoms with E-state index >= 15 is 0 Å². The molecule has 0 N–H and O–H groups in total. The molecule has 0 saturated heterocycles. The van der Waals surface area contributed by atoms with E-state index < -0.39 is 0 Å². The number of rotatable bonds is 0. The number of benzene rings is 1. The Hall–Kier alpha value is -1.30. The lowest BCUT2D eigenvalue weighted by Crippen LogP contribution is -2.19. The molecule has 96 valence electrons. The van der Waals surface area contributed by atoms with Crippen LogP contribution in [0.1, 0.15) is 49.9 Å². The SMILES string of the molecule is Cc1cc(C)c2c(c1)C(C)(C)C=CC(C)(C)C=C2. The molecule has 2 rings (SSSR count). The van der Waals surface area contributed by atoms with E-state index in [1.54, 1.807) is 0 Å². The fraction of sp³-hybridized carbons (Fsp3) is 0.444. The van der Waals surface area contributed by atoms with E-state index in [2.05, 4.69) is 78.0 Å². The van der Waals surface area contributed by atoms with Gasteiger partial charge in [0.15, 0.2) is 0 Å². The van der Waals surface area contributed by atoms with E-state index in [0.29, 0.717) is 0 Å². The molecular weight excluding hydrogens is 216 g/mol. The highest BCUT2D eigenvalue weighted by Crippen LogP contribution is 2.36. The maximum absolute atomic E-state index is 2.36. The van der Waals surface area contributed by atoms with Crippen molar-refractivity contribution < 1.29 is 0 Å². The lowest BCUT2D eigenvalue weighted by atomic mass is 9.75. The van der Waals surface area contributed by atoms with Gasteiger partial charge in [-0.1, -0.05) is 69.7 Å². The molecule has 18 heavy (non-hydrogen) atoms. The summed E-state index contributed by atoms with van der Waals surface area (Å²) in [5.74, 6) is 0. The van der Waals surface area contributed by atoms with Crippen LogP contribution in [-0.2, 0) is 5.41 Å². The quantitative estimate of drug-likeness (QED) is 0.547. The summed E-state index contributed by atoms with van der Waals surface area (Å²) in [5.41, 5.74) is 5.77. The first-order chi connectivity index (χ1) is 8.21. The number of hydrogen-bond acceptors (Lipinski definition) is 0. The summed E-state index contributed by atoms with van der Waals surface area (Å²) in [6.07, 6.45) is 9.29. The predicted octanol–water partition coefficient (Wildman–Crippen LogP) is 5.19. The lowest BCUT2D eigenvalue weighted by molar-refractivity contribution is 0.595. The second-order valence-corrected chi connectivity index (χ2v) is 6.75. The van der Waals surface area contributed by atoms with E-state index in [9.17, 15) is 0 Å². The van der Waals surface area contributed by atoms with Crippen molar-refractivity contribution in [2.24, 2.45) is 5.41 Å². The molecule has 0 amide bonds. The van der Waals surface area contributed by atoms with Crippen LogP contribution in [0.2, 0.25) is 0 Å². The molecule has 0 fully saturated rings. The first-order valence-electron chi connectivity index (χ1n) is 6.73. The van der Waals surface area contributed by atoms with Crippen LogP contribution in [0.5, 0.6) is 0 Å². The van der Waals surface area contributed by atoms with Gasteiger partial charge in [0.2, 0.25) is 0 Å². The minimum Gasteiger partial charge on any atom is -0.0782 e. The predicted molar refractivity (Wildman–Crippen MR) is 80.9 cm³/mol. The maximum atomic E-state index is 2.36. The minimum atomic E-state index is 0.0914. The molecule has 1 aromatic rings. The molecule has 0 nitrogen and oxygen atoms in total. The summed E-state index contributed by atoms with van der Waals surface area (Å²) >= 11 is 0. The number of fused-ring (bicyclic) bond motifs is 1. The minimum absolute atomic E-state index is 0.0914. The highest BCUT2D eigenvalue weighted by atomic mass is 14.3. The van der Waals surface area contributed by atoms with Gasteiger partial charge in [-0.25, -0.2) is 0 Å². The second kappa shape index (κ2) is 4.12. The third kappa shape index (κ3) is 2.43. The molecule has 0 saturated carbocycles. The van der Waals surface area contributed by atoms with E-state index in [4.69, 9.17) is 0 Å². The van der Waals surface area contributed by atoms with Gasteiger partial charge in [-0.15, -0.1) is 0 Å². The van der Waals surface area contributed by atoms with Gasteiger partial charge < -0.3 is 0 Å². The van der Waals surface area contributed by atoms with Gasteiger partial charge in [-0.3, -0.25) is 0 Å². The van der Waals surface area contributed by atoms with Crippen molar-refractivity contribution in [3.8, 4) is 0 Å². The van der Waals surface area contributed by atoms with Crippen molar-refractivity contribution in [2.45, 2.75) is 47.0 Å². The summed E-state index contributed by atoms with van der Waals surface area (Å²) in [5, 5.41) is 0. The van der Waals surface area contributed by atoms with Gasteiger partial charge >= 0.3 is 0 Å². The molecule has 0 heterocycles. The number of hydrogen-bond donors (Lipinski definition) is 0. The second-order valence-electron chi connectivity index (χ2n) is 6.75. The van der Waals surface area contributed by atoms with Crippen molar-refractivity contribution in [1.29, 1.82) is 0 Å². The zero-order valence-corrected chi connectivity index (χ0v) is 12.5. The molecule has 0 bridgehead atoms. The van der Waals surface area contributed by atoms with Crippen LogP contribution in [0.15, 0.2) is 30.4 Å². The molecule has 1 aliphatic carbocycles. The summed E-state index contributed by atoms with van der Waals surface area (Å²) in [6.45, 7) is 13.5. The molecule has 0 unspecified atom stereocenters. The Kier molecular flexibility index (Phi) is 3.01. The maximum Gasteiger partial charge on any atom is 0.00817 e. The Morgan fingerprint density at radius 1 is 0.833 bits per heavy atom. The van der Waals surface area contributed by atoms with Gasteiger partial charge in [-0.2, -0.15) is 0 Å². The molecule has 0 radical (unpaired) electrons. The van der Waals surface area contributed by atoms with Crippen LogP contribution in [0.25, 0.3) is 6.08 Å². The van der Waals surface area contributed by atoms with Crippen molar-refractivity contribution in [3.05, 3.63) is 52.6 Å². The average molecular weight is 240 g/mol. The zero-order valence-electron chi connectivity index (χ0n) is 12.5. The Morgan fingerprint density at radius 2 is 1.50 bits per heavy atom. The fourth-order valence-electron chi connectivity index (χ4n) is 2.60. The Morgan fingerprint density at radius 3 is 2.17 bits per heavy atom. The third-order valence-corrected chi connectivity index (χ3v) is 3.83. The standard InChI is InChI=1S/C18H24/c1-13-11-14(2)15-7-8-17(3,4)9-10-18(5,6)16(15)12-13/h7-12H,1-6H3. The van der Waals surface area contributed by atoms with Crippen LogP contribution >= 0.6 is 0 Å². The molecular formula is C18H24. The van der Waals surface area contributed by atoms with E-state index in [-0.39, 0.29) is 10.8 Å². The van der Waals surface area contributed by atoms with E-state index in [1.807, 2.05) is 0 Å². The Balaban J connectivity index is 2.73. The van der Waals surface area contributed by atoms with Crippen molar-refractivity contribution in [3.63, 3.8) is 0 Å². The summed E-state index contributed by atoms with van der Waals surface area (Å²) in [4.78, 5) is 0. The van der Waals surface area contributed by atoms with Gasteiger partial charge in [0, 0.05) is 10.8 Å². The first-order valence-corrected chi connectivity index (χ1v) is 6.73. The highest BCUT2D eigenvalue weighted by Gasteiger charge is 2.24. The first kappa shape index (κ1) is 13.1. The van der Waals surface area contributed by atoms with Gasteiger partial charge in [0.1, 0.15) is 0 Å². The number of aryl methyl sites for hydroxylation is 2. The highest BCUT2D eigenvalue weighted by molar-refractivity contribution is 5.63. The van der Waals surface area contributed by atoms with Crippen LogP contribution in [-0.4, -0.2) is 0 Å². The molecule has 0 aromatic heterocycles. The van der Waals surface area contributed by atoms with Gasteiger partial charge in [-0.05, 0) is 30.5 Å². The molecule has 1 aliphatic rings. The van der Waals surface area contributed by atoms with E-state index in [1.165, 1.54) is 22.3 Å². The smallest absolute Gasteiger partial charge is 0.00817 e. The Labute approximate surface area is 111 Å². The largest absolute Gasteiger partial charge is 0.0782 e. The lowest BCUT2D eigenvalue weighted by Gasteiger charge is -2.29. The number of allylic oxidation sites excluding steroid dienone is 3. The van der Waals surface area contributed by atoms with Crippen molar-refractivity contribution in [2.75, 3.05) is 0 Å². The van der Waals surface area contributed by atoms with Crippen LogP contribution in [0.3, 0.4) is 0 Å². The van der Waals surface area contributed by atoms with Crippen LogP contribution < -0.4 is 0 Å². The Bertz CT molecular complexity index is 525. The third-order valence-electron chi connectivity index (χ3n) is 3.83. The summed E-state index contributed by atoms with van der Waals surface area (Å²) in [7, 11) is 0. The van der Waals surface area contributed by atoms with Crippen molar-refractivity contribution >= 4 is 6.08 Å². The normalized spacial score (nSPS) is 20.1. The monoisotopic (exact) mass is 240 g/mol. The van der Waals surface area contributed by atoms with Gasteiger partial charge in [0.05, 0.1) is 0 Å². The molecule has 0 heteroatoms. The van der Waals surface area contributed by atoms with Gasteiger partial charge in [0.25, 0.3) is 0 Å². The zero-order chi connectivity index (χ0) is 13.6. The molecule has 0 atom stereocenters. The molecule has 0 spiro atoms. The summed E-state index contributed by atoms with van der Waals surface area (Å²) in [6, 6.07) is 4.60. The fourth-order valence-corrected chi connectivity index (χ4v) is 2.60. The molecule has 1 aromatic carbocycles. The van der Waals surface area contributed by atoms with Crippen LogP contribution in [0.4, 0.5) is 0 Å². The van der Waals surface area contributed by atoms with Crippen molar-refractivity contribution in [1.82, 2.24) is 0 Å². The summed E-state index contributed by atoms with van der Waals surface area (Å²) < 4.78 is 0. The molecule has 0 aliphatic heterocycles. The average Bonchev–Trinajstić information content (AvgIpc) is 2.23.